The molecule has 0 saturated heterocycles. The lowest BCUT2D eigenvalue weighted by Crippen LogP contribution is -2.74. The number of nitro benzene ring substituents is 2. The van der Waals surface area contributed by atoms with Crippen LogP contribution in [0.3, 0.4) is 0 Å². The van der Waals surface area contributed by atoms with Crippen molar-refractivity contribution in [2.75, 3.05) is 79.1 Å². The van der Waals surface area contributed by atoms with Crippen LogP contribution >= 0.6 is 0 Å². The molecule has 8 aromatic rings. The number of urea groups is 9. The number of carbonyl (C=O) groups is 16. The minimum Gasteiger partial charge on any atom is -0.357 e. The van der Waals surface area contributed by atoms with Gasteiger partial charge < -0.3 is 31.1 Å². The third-order valence-electron chi connectivity index (χ3n) is 18.7. The third-order valence-corrected chi connectivity index (χ3v) is 18.7. The molecular weight excluding hydrogens is 1600 g/mol. The first-order valence-electron chi connectivity index (χ1n) is 36.5. The number of hydrazine groups is 1. The van der Waals surface area contributed by atoms with E-state index >= 15 is 57.5 Å². The predicted molar refractivity (Wildman–Crippen MR) is 426 cm³/mol. The molecule has 2 saturated carbocycles. The molecule has 45 heteroatoms. The molecule has 4 heterocycles. The second-order valence-corrected chi connectivity index (χ2v) is 27.1. The Balaban J connectivity index is 1.26. The number of benzene rings is 4. The number of likely N-dealkylation sites (N-methyl/N-ethyl adjacent to an activating group) is 2. The molecule has 10 rings (SSSR count). The fourth-order valence-corrected chi connectivity index (χ4v) is 12.1. The van der Waals surface area contributed by atoms with E-state index in [-0.39, 0.29) is 69.9 Å². The molecule has 4 N–H and O–H groups in total. The van der Waals surface area contributed by atoms with E-state index in [1.807, 2.05) is 0 Å². The lowest BCUT2D eigenvalue weighted by atomic mass is 9.74. The summed E-state index contributed by atoms with van der Waals surface area (Å²) in [5.74, 6) is -13.2. The van der Waals surface area contributed by atoms with Crippen LogP contribution in [0.5, 0.6) is 0 Å². The average molecular weight is 1670 g/mol. The number of carbonyl (C=O) groups excluding carboxylic acids is 16. The van der Waals surface area contributed by atoms with Crippen molar-refractivity contribution in [2.45, 2.75) is 63.3 Å². The Bertz CT molecular complexity index is 5410. The first-order valence-corrected chi connectivity index (χ1v) is 36.5. The van der Waals surface area contributed by atoms with Gasteiger partial charge in [-0.3, -0.25) is 73.7 Å². The van der Waals surface area contributed by atoms with Gasteiger partial charge in [0.25, 0.3) is 34.9 Å². The zero-order valence-electron chi connectivity index (χ0n) is 65.7. The van der Waals surface area contributed by atoms with Crippen LogP contribution in [0, 0.1) is 30.6 Å². The van der Waals surface area contributed by atoms with Crippen molar-refractivity contribution >= 4 is 147 Å². The van der Waals surface area contributed by atoms with Gasteiger partial charge in [0, 0.05) is 115 Å². The quantitative estimate of drug-likeness (QED) is 0.0146. The van der Waals surface area contributed by atoms with Gasteiger partial charge in [0.2, 0.25) is 29.5 Å². The number of hydrogen-bond donors (Lipinski definition) is 4. The first kappa shape index (κ1) is 87.9. The SMILES string of the molecule is CNC(=O)C(NC(=O)C(C)N(C(=O)N(CC(=O)N(C)C)C(=O)N(C=O)C(=O)N(C(=O)N(C)C1CC1)C1CC1)N(C)C)C(C(=O)Nc1ccccc1[N+](=O)[O-])(C(=O)N(C(=O)N(Cc1ccccc1)C(=O)Nc1cccc([N+](=O)[O-])c1)c1ccccc1)C(=O)N(C(=O)N(C(=O)N(C(=O)[N+](=O)c1cccnc1)c1cnccn1)c1ccncc1)c1cccnc1. The number of hydrogen-bond acceptors (Lipinski definition) is 27. The Kier molecular flexibility index (Phi) is 27.7. The molecule has 0 spiro atoms. The zero-order chi connectivity index (χ0) is 88.6. The largest absolute Gasteiger partial charge is 0.553 e. The fourth-order valence-electron chi connectivity index (χ4n) is 12.1. The Morgan fingerprint density at radius 3 is 1.68 bits per heavy atom. The van der Waals surface area contributed by atoms with Crippen LogP contribution < -0.4 is 40.9 Å². The molecule has 3 atom stereocenters. The standard InChI is InChI=1S/C77H74N24O21/c1-48(98(88(5)6)73(114)91(46-61(103)87(3)4)70(111)92(47-102)72(113)95(53-31-32-53)69(110)89(7)51-29-30-51)63(104)86-62(64(105)78-2)77(65(106)85-58-27-14-15-28-59(58)101(121)122,66(107)93(52-22-12-9-13-23-52)71(112)90(45-49-19-10-8-11-20-49)68(109)84-50-21-16-24-55(41-50)100(119)120)67(108)94(56-25-17-35-80-42-56)74(115)96(54-33-37-79-38-34-54)75(116)97(60-44-82-39-40-83-60)76(117)99(118)57-26-18-36-81-43-57/h8-28,33-44,47-48,51,53,62H,29-32,45-46H2,1-7H3,(H3-,78,84,85,86,104,105,106,109)/p+1. The fraction of sp³-hybridized carbons (Fsp3) is 0.234. The highest BCUT2D eigenvalue weighted by Crippen LogP contribution is 2.40. The van der Waals surface area contributed by atoms with Crippen molar-refractivity contribution in [3.05, 3.63) is 232 Å². The topological polar surface area (TPSA) is 531 Å². The van der Waals surface area contributed by atoms with E-state index < -0.39 is 188 Å². The van der Waals surface area contributed by atoms with E-state index in [1.54, 1.807) is 0 Å². The van der Waals surface area contributed by atoms with Crippen LogP contribution in [-0.4, -0.2) is 248 Å². The van der Waals surface area contributed by atoms with Crippen molar-refractivity contribution in [1.82, 2.24) is 75.0 Å². The summed E-state index contributed by atoms with van der Waals surface area (Å²) in [7, 11) is 6.55. The summed E-state index contributed by atoms with van der Waals surface area (Å²) < 4.78 is -0.389. The van der Waals surface area contributed by atoms with Crippen LogP contribution in [0.4, 0.5) is 94.5 Å². The van der Waals surface area contributed by atoms with E-state index in [0.29, 0.717) is 28.9 Å². The number of imide groups is 10. The van der Waals surface area contributed by atoms with E-state index in [2.05, 4.69) is 46.2 Å². The lowest BCUT2D eigenvalue weighted by molar-refractivity contribution is -0.384. The van der Waals surface area contributed by atoms with Gasteiger partial charge in [0.1, 0.15) is 24.3 Å². The van der Waals surface area contributed by atoms with E-state index in [4.69, 9.17) is 0 Å². The predicted octanol–water partition coefficient (Wildman–Crippen LogP) is 7.09. The summed E-state index contributed by atoms with van der Waals surface area (Å²) in [6.07, 6.45) is 9.56. The summed E-state index contributed by atoms with van der Waals surface area (Å²) >= 11 is 0. The summed E-state index contributed by atoms with van der Waals surface area (Å²) in [5.41, 5.74) is -11.0. The van der Waals surface area contributed by atoms with Gasteiger partial charge in [-0.05, 0) is 98.8 Å². The number of pyridine rings is 3. The van der Waals surface area contributed by atoms with Gasteiger partial charge in [-0.25, -0.2) is 77.9 Å². The van der Waals surface area contributed by atoms with Crippen molar-refractivity contribution in [3.8, 4) is 0 Å². The summed E-state index contributed by atoms with van der Waals surface area (Å²) in [6.45, 7) is -1.55. The highest BCUT2D eigenvalue weighted by molar-refractivity contribution is 6.43. The number of nitroso groups, excluding NO2 is 1. The second-order valence-electron chi connectivity index (χ2n) is 27.1. The minimum absolute atomic E-state index is 0.00808. The van der Waals surface area contributed by atoms with E-state index in [1.165, 1.54) is 74.7 Å². The highest BCUT2D eigenvalue weighted by atomic mass is 16.6. The van der Waals surface area contributed by atoms with Crippen LogP contribution in [0.1, 0.15) is 38.2 Å². The lowest BCUT2D eigenvalue weighted by Gasteiger charge is -2.42. The Labute approximate surface area is 690 Å². The Morgan fingerprint density at radius 2 is 1.11 bits per heavy atom. The van der Waals surface area contributed by atoms with Gasteiger partial charge in [-0.2, -0.15) is 14.6 Å². The van der Waals surface area contributed by atoms with Crippen LogP contribution in [0.15, 0.2) is 201 Å². The molecule has 25 amide bonds. The zero-order valence-corrected chi connectivity index (χ0v) is 65.7. The molecule has 0 aliphatic heterocycles. The van der Waals surface area contributed by atoms with E-state index in [9.17, 15) is 44.3 Å². The number of para-hydroxylation sites is 3. The molecular formula is C77H75N24O21+. The normalized spacial score (nSPS) is 12.9. The molecule has 122 heavy (non-hydrogen) atoms. The molecule has 3 unspecified atom stereocenters. The molecule has 0 bridgehead atoms. The molecule has 4 aromatic heterocycles. The van der Waals surface area contributed by atoms with Crippen LogP contribution in [-0.2, 0) is 40.1 Å². The summed E-state index contributed by atoms with van der Waals surface area (Å²) in [4.78, 5) is 313. The number of nitrogens with one attached hydrogen (secondary N) is 4. The molecule has 2 aliphatic rings. The number of aromatic nitrogens is 5. The smallest absolute Gasteiger partial charge is 0.357 e. The number of rotatable bonds is 25. The highest BCUT2D eigenvalue weighted by Gasteiger charge is 2.68. The summed E-state index contributed by atoms with van der Waals surface area (Å²) in [6, 6.07) is 3.18. The number of amides is 25. The molecule has 45 nitrogen and oxygen atoms in total. The van der Waals surface area contributed by atoms with Gasteiger partial charge in [0.05, 0.1) is 56.8 Å². The van der Waals surface area contributed by atoms with Crippen LogP contribution in [0.2, 0.25) is 0 Å². The number of non-ortho nitro benzene ring substituents is 1. The Hall–Kier alpha value is -16.5. The van der Waals surface area contributed by atoms with Gasteiger partial charge >= 0.3 is 54.3 Å². The average Bonchev–Trinajstić information content (AvgIpc) is 1.72. The van der Waals surface area contributed by atoms with Crippen LogP contribution in [0.25, 0.3) is 0 Å². The Morgan fingerprint density at radius 1 is 0.533 bits per heavy atom. The number of anilines is 6. The minimum atomic E-state index is -4.79. The third kappa shape index (κ3) is 19.1. The maximum atomic E-state index is 18.1. The molecule has 4 aromatic carbocycles. The van der Waals surface area contributed by atoms with Gasteiger partial charge in [-0.15, -0.1) is 0 Å². The van der Waals surface area contributed by atoms with Crippen molar-refractivity contribution in [3.63, 3.8) is 0 Å². The van der Waals surface area contributed by atoms with E-state index in [0.717, 1.165) is 184 Å². The van der Waals surface area contributed by atoms with Gasteiger partial charge in [-0.1, -0.05) is 76.5 Å². The van der Waals surface area contributed by atoms with Crippen molar-refractivity contribution < 1.29 is 91.3 Å². The molecule has 0 radical (unpaired) electrons. The maximum Gasteiger partial charge on any atom is 0.553 e. The summed E-state index contributed by atoms with van der Waals surface area (Å²) in [5, 5.41) is 35.1. The van der Waals surface area contributed by atoms with Gasteiger partial charge in [0.15, 0.2) is 5.69 Å². The maximum absolute atomic E-state index is 18.1. The molecule has 2 fully saturated rings. The van der Waals surface area contributed by atoms with Crippen molar-refractivity contribution in [2.24, 2.45) is 5.41 Å². The monoisotopic (exact) mass is 1670 g/mol. The number of nitro groups is 2. The second kappa shape index (κ2) is 38.5. The molecule has 2 aliphatic carbocycles. The molecule has 628 valence electrons. The number of nitrogens with zero attached hydrogens (tertiary/aromatic N) is 20. The first-order chi connectivity index (χ1) is 58.3. The van der Waals surface area contributed by atoms with Crippen molar-refractivity contribution in [1.29, 1.82) is 0 Å².